The maximum absolute atomic E-state index is 12.5. The fourth-order valence-corrected chi connectivity index (χ4v) is 2.73. The lowest BCUT2D eigenvalue weighted by atomic mass is 10.2. The molecule has 1 amide bonds. The van der Waals surface area contributed by atoms with Crippen LogP contribution in [0.5, 0.6) is 11.5 Å². The van der Waals surface area contributed by atoms with E-state index in [9.17, 15) is 31.1 Å². The summed E-state index contributed by atoms with van der Waals surface area (Å²) in [5, 5.41) is 10.3. The van der Waals surface area contributed by atoms with Crippen molar-refractivity contribution in [1.82, 2.24) is 19.6 Å². The zero-order valence-electron chi connectivity index (χ0n) is 15.6. The second kappa shape index (κ2) is 9.10. The lowest BCUT2D eigenvalue weighted by Gasteiger charge is -2.14. The lowest BCUT2D eigenvalue weighted by molar-refractivity contribution is -0.274. The average Bonchev–Trinajstić information content (AvgIpc) is 3.27. The average molecular weight is 528 g/mol. The molecule has 8 nitrogen and oxygen atoms in total. The van der Waals surface area contributed by atoms with Gasteiger partial charge in [-0.15, -0.1) is 13.2 Å². The molecular formula is C17H12BrF6N5O3. The monoisotopic (exact) mass is 527 g/mol. The van der Waals surface area contributed by atoms with E-state index >= 15 is 0 Å². The van der Waals surface area contributed by atoms with Crippen molar-refractivity contribution >= 4 is 27.5 Å². The molecule has 0 aliphatic heterocycles. The van der Waals surface area contributed by atoms with E-state index in [1.54, 1.807) is 12.4 Å². The van der Waals surface area contributed by atoms with Crippen molar-refractivity contribution in [3.63, 3.8) is 0 Å². The number of nitrogens with zero attached hydrogens (tertiary/aromatic N) is 4. The van der Waals surface area contributed by atoms with Crippen molar-refractivity contribution in [2.24, 2.45) is 0 Å². The van der Waals surface area contributed by atoms with Crippen LogP contribution in [0.3, 0.4) is 0 Å². The third-order valence-electron chi connectivity index (χ3n) is 3.54. The minimum absolute atomic E-state index is 0.101. The summed E-state index contributed by atoms with van der Waals surface area (Å²) in [6.07, 6.45) is -5.15. The first kappa shape index (κ1) is 23.4. The maximum atomic E-state index is 12.5. The Hall–Kier alpha value is -3.23. The highest BCUT2D eigenvalue weighted by Crippen LogP contribution is 2.31. The summed E-state index contributed by atoms with van der Waals surface area (Å²) in [6, 6.07) is 3.66. The molecule has 0 atom stereocenters. The normalized spacial score (nSPS) is 12.0. The van der Waals surface area contributed by atoms with Crippen LogP contribution in [-0.4, -0.2) is 44.6 Å². The van der Waals surface area contributed by atoms with Gasteiger partial charge < -0.3 is 14.8 Å². The van der Waals surface area contributed by atoms with E-state index in [1.807, 2.05) is 0 Å². The molecule has 2 heterocycles. The number of nitrogens with one attached hydrogen (secondary N) is 1. The molecular weight excluding hydrogens is 516 g/mol. The highest BCUT2D eigenvalue weighted by atomic mass is 79.9. The Bertz CT molecular complexity index is 1100. The Kier molecular flexibility index (Phi) is 6.66. The van der Waals surface area contributed by atoms with Crippen LogP contribution in [-0.2, 0) is 6.67 Å². The number of anilines is 1. The number of amides is 1. The van der Waals surface area contributed by atoms with Crippen LogP contribution in [0.2, 0.25) is 0 Å². The summed E-state index contributed by atoms with van der Waals surface area (Å²) >= 11 is 3.23. The van der Waals surface area contributed by atoms with Crippen LogP contribution in [0, 0.1) is 0 Å². The summed E-state index contributed by atoms with van der Waals surface area (Å²) in [5.74, 6) is -2.28. The molecule has 1 aromatic carbocycles. The van der Waals surface area contributed by atoms with Crippen molar-refractivity contribution in [2.75, 3.05) is 11.9 Å². The van der Waals surface area contributed by atoms with E-state index in [1.165, 1.54) is 21.6 Å². The van der Waals surface area contributed by atoms with Crippen LogP contribution in [0.4, 0.5) is 32.0 Å². The molecule has 32 heavy (non-hydrogen) atoms. The van der Waals surface area contributed by atoms with Gasteiger partial charge in [-0.25, -0.2) is 4.68 Å². The fourth-order valence-electron chi connectivity index (χ4n) is 2.41. The standard InChI is InChI=1S/C17H12BrF6N5O3/c18-10-6-25-29(7-10)9-28-2-1-14(27-28)15(30)26-11-3-12(31-8-16(19,20)21)5-13(4-11)32-17(22,23)24/h1-7H,8-9H2,(H,26,30). The molecule has 15 heteroatoms. The summed E-state index contributed by atoms with van der Waals surface area (Å²) < 4.78 is 86.6. The minimum atomic E-state index is -5.11. The highest BCUT2D eigenvalue weighted by molar-refractivity contribution is 9.10. The van der Waals surface area contributed by atoms with Crippen molar-refractivity contribution in [1.29, 1.82) is 0 Å². The minimum Gasteiger partial charge on any atom is -0.484 e. The van der Waals surface area contributed by atoms with Crippen molar-refractivity contribution in [3.05, 3.63) is 53.0 Å². The van der Waals surface area contributed by atoms with Crippen LogP contribution in [0.15, 0.2) is 47.3 Å². The molecule has 0 saturated carbocycles. The summed E-state index contributed by atoms with van der Waals surface area (Å²) in [6.45, 7) is -1.58. The number of ether oxygens (including phenoxy) is 2. The Balaban J connectivity index is 1.75. The number of carbonyl (C=O) groups is 1. The largest absolute Gasteiger partial charge is 0.573 e. The van der Waals surface area contributed by atoms with Gasteiger partial charge in [0.2, 0.25) is 0 Å². The van der Waals surface area contributed by atoms with Gasteiger partial charge in [-0.1, -0.05) is 0 Å². The Labute approximate surface area is 183 Å². The van der Waals surface area contributed by atoms with Gasteiger partial charge in [-0.2, -0.15) is 23.4 Å². The molecule has 3 rings (SSSR count). The van der Waals surface area contributed by atoms with Gasteiger partial charge in [0.05, 0.1) is 10.7 Å². The summed E-state index contributed by atoms with van der Waals surface area (Å²) in [5.41, 5.74) is -0.393. The number of benzene rings is 1. The van der Waals surface area contributed by atoms with E-state index in [0.29, 0.717) is 6.07 Å². The number of alkyl halides is 6. The number of aromatic nitrogens is 4. The van der Waals surface area contributed by atoms with E-state index in [-0.39, 0.29) is 18.1 Å². The molecule has 3 aromatic rings. The Morgan fingerprint density at radius 1 is 1.09 bits per heavy atom. The van der Waals surface area contributed by atoms with Gasteiger partial charge in [0.1, 0.15) is 18.2 Å². The number of carbonyl (C=O) groups excluding carboxylic acids is 1. The maximum Gasteiger partial charge on any atom is 0.573 e. The Morgan fingerprint density at radius 2 is 1.81 bits per heavy atom. The fraction of sp³-hybridized carbons (Fsp3) is 0.235. The molecule has 0 spiro atoms. The molecule has 1 N–H and O–H groups in total. The van der Waals surface area contributed by atoms with E-state index in [0.717, 1.165) is 16.6 Å². The number of hydrogen-bond donors (Lipinski definition) is 1. The van der Waals surface area contributed by atoms with Crippen LogP contribution in [0.25, 0.3) is 0 Å². The van der Waals surface area contributed by atoms with Crippen LogP contribution >= 0.6 is 15.9 Å². The van der Waals surface area contributed by atoms with Gasteiger partial charge in [0.15, 0.2) is 12.3 Å². The van der Waals surface area contributed by atoms with Crippen molar-refractivity contribution < 1.29 is 40.6 Å². The van der Waals surface area contributed by atoms with E-state index < -0.39 is 36.6 Å². The zero-order valence-corrected chi connectivity index (χ0v) is 17.2. The van der Waals surface area contributed by atoms with Crippen molar-refractivity contribution in [3.8, 4) is 11.5 Å². The van der Waals surface area contributed by atoms with Crippen LogP contribution in [0.1, 0.15) is 10.5 Å². The predicted molar refractivity (Wildman–Crippen MR) is 100 cm³/mol. The van der Waals surface area contributed by atoms with Gasteiger partial charge >= 0.3 is 12.5 Å². The molecule has 172 valence electrons. The third kappa shape index (κ3) is 7.18. The highest BCUT2D eigenvalue weighted by Gasteiger charge is 2.32. The summed E-state index contributed by atoms with van der Waals surface area (Å²) in [4.78, 5) is 12.4. The first-order valence-electron chi connectivity index (χ1n) is 8.49. The SMILES string of the molecule is O=C(Nc1cc(OCC(F)(F)F)cc(OC(F)(F)F)c1)c1ccn(Cn2cc(Br)cn2)n1. The molecule has 0 fully saturated rings. The first-order valence-corrected chi connectivity index (χ1v) is 9.29. The smallest absolute Gasteiger partial charge is 0.484 e. The number of hydrogen-bond acceptors (Lipinski definition) is 5. The van der Waals surface area contributed by atoms with Gasteiger partial charge in [-0.05, 0) is 22.0 Å². The Morgan fingerprint density at radius 3 is 2.44 bits per heavy atom. The second-order valence-electron chi connectivity index (χ2n) is 6.18. The van der Waals surface area contributed by atoms with Gasteiger partial charge in [-0.3, -0.25) is 9.48 Å². The lowest BCUT2D eigenvalue weighted by Crippen LogP contribution is -2.20. The molecule has 0 radical (unpaired) electrons. The van der Waals surface area contributed by atoms with E-state index in [2.05, 4.69) is 40.9 Å². The molecule has 0 aliphatic rings. The topological polar surface area (TPSA) is 83.2 Å². The molecule has 0 bridgehead atoms. The van der Waals surface area contributed by atoms with Crippen LogP contribution < -0.4 is 14.8 Å². The predicted octanol–water partition coefficient (Wildman–Crippen LogP) is 4.44. The third-order valence-corrected chi connectivity index (χ3v) is 3.95. The van der Waals surface area contributed by atoms with Gasteiger partial charge in [0, 0.05) is 36.3 Å². The molecule has 0 aliphatic carbocycles. The molecule has 0 saturated heterocycles. The zero-order chi connectivity index (χ0) is 23.5. The number of rotatable bonds is 7. The van der Waals surface area contributed by atoms with Crippen molar-refractivity contribution in [2.45, 2.75) is 19.2 Å². The second-order valence-corrected chi connectivity index (χ2v) is 7.09. The molecule has 0 unspecified atom stereocenters. The van der Waals surface area contributed by atoms with E-state index in [4.69, 9.17) is 0 Å². The number of halogens is 7. The quantitative estimate of drug-likeness (QED) is 0.459. The first-order chi connectivity index (χ1) is 14.9. The van der Waals surface area contributed by atoms with Gasteiger partial charge in [0.25, 0.3) is 5.91 Å². The summed E-state index contributed by atoms with van der Waals surface area (Å²) in [7, 11) is 0. The molecule has 2 aromatic heterocycles.